The summed E-state index contributed by atoms with van der Waals surface area (Å²) in [4.78, 5) is 6.90. The normalized spacial score (nSPS) is 15.7. The Hall–Kier alpha value is -0.0600. The molecule has 3 nitrogen and oxygen atoms in total. The molecule has 0 aromatic carbocycles. The van der Waals surface area contributed by atoms with Crippen LogP contribution in [0.2, 0.25) is 5.02 Å². The molecule has 0 atom stereocenters. The fraction of sp³-hybridized carbons (Fsp3) is 0.583. The average molecular weight is 313 g/mol. The first-order valence-electron chi connectivity index (χ1n) is 5.72. The van der Waals surface area contributed by atoms with Crippen molar-refractivity contribution in [1.82, 2.24) is 15.2 Å². The van der Waals surface area contributed by atoms with Crippen LogP contribution in [0.5, 0.6) is 0 Å². The van der Waals surface area contributed by atoms with E-state index in [2.05, 4.69) is 22.1 Å². The highest BCUT2D eigenvalue weighted by Crippen LogP contribution is 2.22. The molecular formula is C12H20Cl3N3. The second kappa shape index (κ2) is 8.18. The minimum absolute atomic E-state index is 0. The van der Waals surface area contributed by atoms with Crippen molar-refractivity contribution in [2.75, 3.05) is 26.2 Å². The number of piperazine rings is 1. The number of hydrogen-bond donors (Lipinski definition) is 1. The number of aromatic nitrogens is 1. The zero-order valence-corrected chi connectivity index (χ0v) is 13.1. The fourth-order valence-corrected chi connectivity index (χ4v) is 2.15. The van der Waals surface area contributed by atoms with E-state index < -0.39 is 0 Å². The molecule has 0 bridgehead atoms. The summed E-state index contributed by atoms with van der Waals surface area (Å²) in [5.74, 6) is 0. The maximum absolute atomic E-state index is 6.23. The third-order valence-corrected chi connectivity index (χ3v) is 3.69. The summed E-state index contributed by atoms with van der Waals surface area (Å²) in [6, 6.07) is 0. The average Bonchev–Trinajstić information content (AvgIpc) is 2.31. The van der Waals surface area contributed by atoms with E-state index in [4.69, 9.17) is 11.6 Å². The van der Waals surface area contributed by atoms with Crippen LogP contribution in [0, 0.1) is 13.8 Å². The standard InChI is InChI=1S/C12H18ClN3.2ClH/c1-9-7-15-11(10(2)12(9)13)8-16-5-3-14-4-6-16;;/h7,14H,3-6,8H2,1-2H3;2*1H. The van der Waals surface area contributed by atoms with Crippen molar-refractivity contribution in [2.45, 2.75) is 20.4 Å². The van der Waals surface area contributed by atoms with E-state index in [1.54, 1.807) is 0 Å². The quantitative estimate of drug-likeness (QED) is 0.910. The Labute approximate surface area is 126 Å². The van der Waals surface area contributed by atoms with Gasteiger partial charge in [0, 0.05) is 43.9 Å². The summed E-state index contributed by atoms with van der Waals surface area (Å²) in [6.45, 7) is 9.28. The van der Waals surface area contributed by atoms with E-state index in [0.29, 0.717) is 0 Å². The SMILES string of the molecule is Cc1cnc(CN2CCNCC2)c(C)c1Cl.Cl.Cl. The fourth-order valence-electron chi connectivity index (χ4n) is 1.99. The predicted molar refractivity (Wildman–Crippen MR) is 81.4 cm³/mol. The zero-order valence-electron chi connectivity index (χ0n) is 10.7. The van der Waals surface area contributed by atoms with Crippen LogP contribution >= 0.6 is 36.4 Å². The topological polar surface area (TPSA) is 28.2 Å². The van der Waals surface area contributed by atoms with Gasteiger partial charge in [0.05, 0.1) is 5.69 Å². The third kappa shape index (κ3) is 4.25. The summed E-state index contributed by atoms with van der Waals surface area (Å²) in [7, 11) is 0. The van der Waals surface area contributed by atoms with Crippen LogP contribution in [0.25, 0.3) is 0 Å². The van der Waals surface area contributed by atoms with Gasteiger partial charge < -0.3 is 5.32 Å². The predicted octanol–water partition coefficient (Wildman–Crippen LogP) is 2.60. The maximum Gasteiger partial charge on any atom is 0.0588 e. The maximum atomic E-state index is 6.23. The van der Waals surface area contributed by atoms with Gasteiger partial charge in [0.25, 0.3) is 0 Å². The van der Waals surface area contributed by atoms with Crippen molar-refractivity contribution in [3.05, 3.63) is 28.0 Å². The van der Waals surface area contributed by atoms with E-state index in [9.17, 15) is 0 Å². The van der Waals surface area contributed by atoms with E-state index >= 15 is 0 Å². The van der Waals surface area contributed by atoms with Gasteiger partial charge in [0.15, 0.2) is 0 Å². The van der Waals surface area contributed by atoms with Gasteiger partial charge >= 0.3 is 0 Å². The monoisotopic (exact) mass is 311 g/mol. The molecule has 0 radical (unpaired) electrons. The Kier molecular flexibility index (Phi) is 8.15. The van der Waals surface area contributed by atoms with Gasteiger partial charge in [-0.15, -0.1) is 24.8 Å². The van der Waals surface area contributed by atoms with Gasteiger partial charge in [-0.05, 0) is 25.0 Å². The largest absolute Gasteiger partial charge is 0.314 e. The van der Waals surface area contributed by atoms with E-state index in [-0.39, 0.29) is 24.8 Å². The van der Waals surface area contributed by atoms with Crippen molar-refractivity contribution in [3.63, 3.8) is 0 Å². The lowest BCUT2D eigenvalue weighted by molar-refractivity contribution is 0.230. The van der Waals surface area contributed by atoms with Crippen molar-refractivity contribution in [3.8, 4) is 0 Å². The molecule has 2 rings (SSSR count). The van der Waals surface area contributed by atoms with Crippen molar-refractivity contribution in [2.24, 2.45) is 0 Å². The zero-order chi connectivity index (χ0) is 11.5. The third-order valence-electron chi connectivity index (χ3n) is 3.11. The van der Waals surface area contributed by atoms with Crippen molar-refractivity contribution >= 4 is 36.4 Å². The van der Waals surface area contributed by atoms with Gasteiger partial charge in [-0.25, -0.2) is 0 Å². The second-order valence-corrected chi connectivity index (χ2v) is 4.73. The highest BCUT2D eigenvalue weighted by atomic mass is 35.5. The van der Waals surface area contributed by atoms with Gasteiger partial charge in [-0.2, -0.15) is 0 Å². The molecule has 1 aliphatic heterocycles. The summed E-state index contributed by atoms with van der Waals surface area (Å²) >= 11 is 6.23. The number of halogens is 3. The van der Waals surface area contributed by atoms with Gasteiger partial charge in [-0.3, -0.25) is 9.88 Å². The lowest BCUT2D eigenvalue weighted by atomic mass is 10.1. The number of rotatable bonds is 2. The molecule has 0 amide bonds. The van der Waals surface area contributed by atoms with Gasteiger partial charge in [0.2, 0.25) is 0 Å². The lowest BCUT2D eigenvalue weighted by Gasteiger charge is -2.27. The smallest absolute Gasteiger partial charge is 0.0588 e. The Morgan fingerprint density at radius 1 is 1.28 bits per heavy atom. The lowest BCUT2D eigenvalue weighted by Crippen LogP contribution is -2.43. The van der Waals surface area contributed by atoms with Gasteiger partial charge in [-0.1, -0.05) is 11.6 Å². The van der Waals surface area contributed by atoms with Crippen LogP contribution in [0.3, 0.4) is 0 Å². The number of nitrogens with zero attached hydrogens (tertiary/aromatic N) is 2. The Bertz CT molecular complexity index is 379. The summed E-state index contributed by atoms with van der Waals surface area (Å²) in [6.07, 6.45) is 1.87. The Balaban J connectivity index is 0.00000144. The molecule has 1 fully saturated rings. The molecule has 104 valence electrons. The van der Waals surface area contributed by atoms with Crippen LogP contribution in [0.1, 0.15) is 16.8 Å². The molecule has 0 spiro atoms. The minimum atomic E-state index is 0. The van der Waals surface area contributed by atoms with Crippen LogP contribution in [0.15, 0.2) is 6.20 Å². The molecule has 1 aliphatic rings. The second-order valence-electron chi connectivity index (χ2n) is 4.35. The Morgan fingerprint density at radius 2 is 1.89 bits per heavy atom. The van der Waals surface area contributed by atoms with E-state index in [0.717, 1.165) is 54.6 Å². The summed E-state index contributed by atoms with van der Waals surface area (Å²) < 4.78 is 0. The number of aryl methyl sites for hydroxylation is 1. The molecule has 1 aromatic heterocycles. The molecule has 6 heteroatoms. The first-order chi connectivity index (χ1) is 7.68. The van der Waals surface area contributed by atoms with Crippen LogP contribution < -0.4 is 5.32 Å². The molecule has 0 aliphatic carbocycles. The number of nitrogens with one attached hydrogen (secondary N) is 1. The number of pyridine rings is 1. The molecule has 18 heavy (non-hydrogen) atoms. The van der Waals surface area contributed by atoms with E-state index in [1.165, 1.54) is 0 Å². The van der Waals surface area contributed by atoms with Crippen molar-refractivity contribution < 1.29 is 0 Å². The first kappa shape index (κ1) is 17.9. The minimum Gasteiger partial charge on any atom is -0.314 e. The molecule has 0 unspecified atom stereocenters. The van der Waals surface area contributed by atoms with Crippen molar-refractivity contribution in [1.29, 1.82) is 0 Å². The molecule has 1 N–H and O–H groups in total. The molecule has 1 aromatic rings. The van der Waals surface area contributed by atoms with E-state index in [1.807, 2.05) is 13.1 Å². The first-order valence-corrected chi connectivity index (χ1v) is 6.10. The Morgan fingerprint density at radius 3 is 2.50 bits per heavy atom. The summed E-state index contributed by atoms with van der Waals surface area (Å²) in [5, 5.41) is 4.21. The highest BCUT2D eigenvalue weighted by Gasteiger charge is 2.13. The molecule has 1 saturated heterocycles. The van der Waals surface area contributed by atoms with Crippen LogP contribution in [-0.4, -0.2) is 36.1 Å². The van der Waals surface area contributed by atoms with Gasteiger partial charge in [0.1, 0.15) is 0 Å². The number of hydrogen-bond acceptors (Lipinski definition) is 3. The molecular weight excluding hydrogens is 293 g/mol. The van der Waals surface area contributed by atoms with Crippen LogP contribution in [-0.2, 0) is 6.54 Å². The molecule has 0 saturated carbocycles. The molecule has 2 heterocycles. The highest BCUT2D eigenvalue weighted by molar-refractivity contribution is 6.32. The summed E-state index contributed by atoms with van der Waals surface area (Å²) in [5.41, 5.74) is 3.29. The van der Waals surface area contributed by atoms with Crippen LogP contribution in [0.4, 0.5) is 0 Å².